The third-order valence-corrected chi connectivity index (χ3v) is 4.38. The van der Waals surface area contributed by atoms with Gasteiger partial charge in [0, 0.05) is 12.1 Å². The molecule has 32 heavy (non-hydrogen) atoms. The number of ether oxygens (including phenoxy) is 2. The summed E-state index contributed by atoms with van der Waals surface area (Å²) in [4.78, 5) is 33.4. The van der Waals surface area contributed by atoms with Gasteiger partial charge in [-0.3, -0.25) is 14.9 Å². The topological polar surface area (TPSA) is 108 Å². The molecule has 2 aromatic rings. The molecule has 8 nitrogen and oxygen atoms in total. The van der Waals surface area contributed by atoms with Crippen molar-refractivity contribution < 1.29 is 37.2 Å². The number of hydrogen-bond acceptors (Lipinski definition) is 6. The smallest absolute Gasteiger partial charge is 0.418 e. The predicted molar refractivity (Wildman–Crippen MR) is 108 cm³/mol. The molecule has 11 heteroatoms. The summed E-state index contributed by atoms with van der Waals surface area (Å²) in [6.45, 7) is 4.62. The number of nitro benzene ring substituents is 1. The molecule has 1 amide bonds. The van der Waals surface area contributed by atoms with Crippen LogP contribution in [0.15, 0.2) is 36.4 Å². The van der Waals surface area contributed by atoms with Gasteiger partial charge in [0.25, 0.3) is 11.6 Å². The summed E-state index contributed by atoms with van der Waals surface area (Å²) >= 11 is 0. The summed E-state index contributed by atoms with van der Waals surface area (Å²) < 4.78 is 49.4. The van der Waals surface area contributed by atoms with Gasteiger partial charge in [-0.15, -0.1) is 0 Å². The number of nitro groups is 1. The van der Waals surface area contributed by atoms with Gasteiger partial charge >= 0.3 is 12.1 Å². The molecule has 0 spiro atoms. The number of esters is 1. The summed E-state index contributed by atoms with van der Waals surface area (Å²) in [5.41, 5.74) is -0.763. The van der Waals surface area contributed by atoms with E-state index in [1.807, 2.05) is 32.2 Å². The first-order valence-corrected chi connectivity index (χ1v) is 9.43. The lowest BCUT2D eigenvalue weighted by molar-refractivity contribution is -0.385. The molecule has 0 aliphatic carbocycles. The van der Waals surface area contributed by atoms with E-state index < -0.39 is 53.1 Å². The van der Waals surface area contributed by atoms with Crippen LogP contribution in [-0.4, -0.2) is 30.0 Å². The zero-order chi connectivity index (χ0) is 24.1. The molecule has 0 heterocycles. The van der Waals surface area contributed by atoms with E-state index in [0.717, 1.165) is 23.3 Å². The van der Waals surface area contributed by atoms with Crippen LogP contribution >= 0.6 is 0 Å². The molecule has 2 rings (SSSR count). The monoisotopic (exact) mass is 454 g/mol. The Balaban J connectivity index is 1.92. The van der Waals surface area contributed by atoms with Crippen molar-refractivity contribution in [2.24, 2.45) is 0 Å². The van der Waals surface area contributed by atoms with Gasteiger partial charge in [0.05, 0.1) is 16.2 Å². The number of halogens is 3. The van der Waals surface area contributed by atoms with Gasteiger partial charge in [-0.2, -0.15) is 13.2 Å². The first-order chi connectivity index (χ1) is 14.9. The third-order valence-electron chi connectivity index (χ3n) is 4.38. The van der Waals surface area contributed by atoms with Gasteiger partial charge < -0.3 is 14.8 Å². The first-order valence-electron chi connectivity index (χ1n) is 9.43. The Morgan fingerprint density at radius 2 is 1.81 bits per heavy atom. The maximum absolute atomic E-state index is 13.1. The lowest BCUT2D eigenvalue weighted by Gasteiger charge is -2.14. The molecule has 0 aliphatic heterocycles. The predicted octanol–water partition coefficient (Wildman–Crippen LogP) is 4.61. The molecule has 0 saturated carbocycles. The number of carbonyl (C=O) groups excluding carboxylic acids is 2. The van der Waals surface area contributed by atoms with Gasteiger partial charge in [-0.25, -0.2) is 4.79 Å². The van der Waals surface area contributed by atoms with Crippen molar-refractivity contribution in [3.63, 3.8) is 0 Å². The minimum Gasteiger partial charge on any atom is -0.482 e. The lowest BCUT2D eigenvalue weighted by Crippen LogP contribution is -2.25. The van der Waals surface area contributed by atoms with Crippen LogP contribution in [0.5, 0.6) is 5.75 Å². The fourth-order valence-electron chi connectivity index (χ4n) is 2.89. The van der Waals surface area contributed by atoms with Crippen molar-refractivity contribution in [2.75, 3.05) is 18.5 Å². The van der Waals surface area contributed by atoms with Crippen LogP contribution < -0.4 is 10.1 Å². The average Bonchev–Trinajstić information content (AvgIpc) is 2.69. The molecule has 2 aromatic carbocycles. The standard InChI is InChI=1S/C21H21F3N2O6/c1-12(2)16-6-5-15(8-13(16)3)31-11-20(28)32-10-19(27)25-18-7-4-14(26(29)30)9-17(18)21(22,23)24/h4-9,12H,10-11H2,1-3H3,(H,25,27). The van der Waals surface area contributed by atoms with E-state index in [9.17, 15) is 32.9 Å². The number of alkyl halides is 3. The molecule has 0 radical (unpaired) electrons. The maximum Gasteiger partial charge on any atom is 0.418 e. The van der Waals surface area contributed by atoms with Crippen LogP contribution in [0.2, 0.25) is 0 Å². The second-order valence-electron chi connectivity index (χ2n) is 7.16. The normalized spacial score (nSPS) is 11.2. The van der Waals surface area contributed by atoms with Gasteiger partial charge in [0.2, 0.25) is 0 Å². The second kappa shape index (κ2) is 10.1. The van der Waals surface area contributed by atoms with Gasteiger partial charge in [-0.05, 0) is 42.2 Å². The molecule has 0 aliphatic rings. The Morgan fingerprint density at radius 3 is 2.38 bits per heavy atom. The Kier molecular flexibility index (Phi) is 7.79. The molecule has 172 valence electrons. The van der Waals surface area contributed by atoms with Gasteiger partial charge in [0.15, 0.2) is 13.2 Å². The summed E-state index contributed by atoms with van der Waals surface area (Å²) in [5, 5.41) is 12.6. The molecule has 0 unspecified atom stereocenters. The molecule has 0 saturated heterocycles. The number of carbonyl (C=O) groups is 2. The zero-order valence-corrected chi connectivity index (χ0v) is 17.5. The highest BCUT2D eigenvalue weighted by Gasteiger charge is 2.35. The Labute approximate surface area is 181 Å². The zero-order valence-electron chi connectivity index (χ0n) is 17.5. The number of hydrogen-bond donors (Lipinski definition) is 1. The number of anilines is 1. The molecular formula is C21H21F3N2O6. The van der Waals surface area contributed by atoms with Crippen LogP contribution in [0.4, 0.5) is 24.5 Å². The van der Waals surface area contributed by atoms with Crippen LogP contribution in [0, 0.1) is 17.0 Å². The minimum atomic E-state index is -4.94. The summed E-state index contributed by atoms with van der Waals surface area (Å²) in [5.74, 6) is -1.20. The highest BCUT2D eigenvalue weighted by Crippen LogP contribution is 2.37. The summed E-state index contributed by atoms with van der Waals surface area (Å²) in [6.07, 6.45) is -4.94. The Morgan fingerprint density at radius 1 is 1.12 bits per heavy atom. The quantitative estimate of drug-likeness (QED) is 0.355. The molecule has 0 fully saturated rings. The van der Waals surface area contributed by atoms with Crippen molar-refractivity contribution in [2.45, 2.75) is 32.9 Å². The van der Waals surface area contributed by atoms with Gasteiger partial charge in [-0.1, -0.05) is 19.9 Å². The van der Waals surface area contributed by atoms with Crippen LogP contribution in [0.3, 0.4) is 0 Å². The van der Waals surface area contributed by atoms with E-state index in [2.05, 4.69) is 0 Å². The van der Waals surface area contributed by atoms with Crippen molar-refractivity contribution >= 4 is 23.3 Å². The highest BCUT2D eigenvalue weighted by molar-refractivity contribution is 5.93. The molecular weight excluding hydrogens is 433 g/mol. The van der Waals surface area contributed by atoms with E-state index in [1.54, 1.807) is 12.1 Å². The van der Waals surface area contributed by atoms with E-state index in [0.29, 0.717) is 17.7 Å². The number of aryl methyl sites for hydroxylation is 1. The minimum absolute atomic E-state index is 0.308. The lowest BCUT2D eigenvalue weighted by atomic mass is 9.98. The number of rotatable bonds is 8. The SMILES string of the molecule is Cc1cc(OCC(=O)OCC(=O)Nc2ccc([N+](=O)[O-])cc2C(F)(F)F)ccc1C(C)C. The van der Waals surface area contributed by atoms with Crippen LogP contribution in [-0.2, 0) is 20.5 Å². The molecule has 0 aromatic heterocycles. The van der Waals surface area contributed by atoms with Crippen molar-refractivity contribution in [3.05, 3.63) is 63.2 Å². The number of amides is 1. The van der Waals surface area contributed by atoms with E-state index in [-0.39, 0.29) is 0 Å². The highest BCUT2D eigenvalue weighted by atomic mass is 19.4. The molecule has 0 atom stereocenters. The molecule has 1 N–H and O–H groups in total. The number of benzene rings is 2. The first kappa shape index (κ1) is 24.6. The average molecular weight is 454 g/mol. The van der Waals surface area contributed by atoms with E-state index in [4.69, 9.17) is 9.47 Å². The van der Waals surface area contributed by atoms with Crippen molar-refractivity contribution in [3.8, 4) is 5.75 Å². The number of nitrogens with one attached hydrogen (secondary N) is 1. The van der Waals surface area contributed by atoms with Crippen LogP contribution in [0.1, 0.15) is 36.5 Å². The fourth-order valence-corrected chi connectivity index (χ4v) is 2.89. The Hall–Kier alpha value is -3.63. The van der Waals surface area contributed by atoms with Gasteiger partial charge in [0.1, 0.15) is 5.75 Å². The number of non-ortho nitro benzene ring substituents is 1. The summed E-state index contributed by atoms with van der Waals surface area (Å²) in [6, 6.07) is 7.20. The Bertz CT molecular complexity index is 1020. The second-order valence-corrected chi connectivity index (χ2v) is 7.16. The largest absolute Gasteiger partial charge is 0.482 e. The van der Waals surface area contributed by atoms with Crippen molar-refractivity contribution in [1.82, 2.24) is 0 Å². The van der Waals surface area contributed by atoms with E-state index in [1.165, 1.54) is 0 Å². The number of nitrogens with zero attached hydrogens (tertiary/aromatic N) is 1. The van der Waals surface area contributed by atoms with E-state index >= 15 is 0 Å². The molecule has 0 bridgehead atoms. The summed E-state index contributed by atoms with van der Waals surface area (Å²) in [7, 11) is 0. The van der Waals surface area contributed by atoms with Crippen LogP contribution in [0.25, 0.3) is 0 Å². The maximum atomic E-state index is 13.1. The fraction of sp³-hybridized carbons (Fsp3) is 0.333. The third kappa shape index (κ3) is 6.69. The van der Waals surface area contributed by atoms with Crippen molar-refractivity contribution in [1.29, 1.82) is 0 Å².